The minimum Gasteiger partial charge on any atom is -0.353 e. The van der Waals surface area contributed by atoms with Gasteiger partial charge < -0.3 is 9.80 Å². The highest BCUT2D eigenvalue weighted by molar-refractivity contribution is 5.94. The van der Waals surface area contributed by atoms with Crippen LogP contribution in [-0.4, -0.2) is 47.0 Å². The van der Waals surface area contributed by atoms with Gasteiger partial charge in [0.05, 0.1) is 5.56 Å². The Morgan fingerprint density at radius 3 is 2.44 bits per heavy atom. The summed E-state index contributed by atoms with van der Waals surface area (Å²) in [6, 6.07) is 4.19. The van der Waals surface area contributed by atoms with E-state index in [1.807, 2.05) is 24.1 Å². The molecule has 0 radical (unpaired) electrons. The summed E-state index contributed by atoms with van der Waals surface area (Å²) >= 11 is 0. The van der Waals surface area contributed by atoms with Crippen LogP contribution >= 0.6 is 0 Å². The van der Waals surface area contributed by atoms with Crippen LogP contribution in [0.3, 0.4) is 0 Å². The van der Waals surface area contributed by atoms with Crippen molar-refractivity contribution in [2.24, 2.45) is 0 Å². The molecule has 130 valence electrons. The molecule has 1 saturated carbocycles. The predicted octanol–water partition coefficient (Wildman–Crippen LogP) is 2.93. The van der Waals surface area contributed by atoms with Gasteiger partial charge in [-0.15, -0.1) is 0 Å². The molecule has 0 spiro atoms. The van der Waals surface area contributed by atoms with Gasteiger partial charge in [0, 0.05) is 44.8 Å². The zero-order valence-electron chi connectivity index (χ0n) is 14.9. The topological polar surface area (TPSA) is 49.3 Å². The predicted molar refractivity (Wildman–Crippen MR) is 98.0 cm³/mol. The van der Waals surface area contributed by atoms with Gasteiger partial charge in [0.2, 0.25) is 0 Å². The van der Waals surface area contributed by atoms with Crippen LogP contribution < -0.4 is 4.90 Å². The molecule has 3 heterocycles. The Balaban J connectivity index is 1.42. The Bertz CT molecular complexity index is 792. The van der Waals surface area contributed by atoms with E-state index in [1.54, 1.807) is 12.4 Å². The molecule has 0 aromatic carbocycles. The highest BCUT2D eigenvalue weighted by Crippen LogP contribution is 2.40. The van der Waals surface area contributed by atoms with Crippen LogP contribution in [0.15, 0.2) is 30.7 Å². The van der Waals surface area contributed by atoms with Gasteiger partial charge in [-0.1, -0.05) is 6.07 Å². The SMILES string of the molecule is Cc1cncc(C(=O)N2CCN(c3ncc(C4CC4)cc3C)CC2)c1. The van der Waals surface area contributed by atoms with Crippen molar-refractivity contribution in [3.8, 4) is 0 Å². The molecule has 2 aliphatic rings. The average Bonchev–Trinajstić information content (AvgIpc) is 3.46. The minimum atomic E-state index is 0.0737. The van der Waals surface area contributed by atoms with Crippen molar-refractivity contribution in [1.29, 1.82) is 0 Å². The third kappa shape index (κ3) is 3.36. The summed E-state index contributed by atoms with van der Waals surface area (Å²) in [6.45, 7) is 7.19. The molecule has 5 nitrogen and oxygen atoms in total. The molecule has 0 bridgehead atoms. The molecule has 25 heavy (non-hydrogen) atoms. The molecule has 2 aromatic rings. The van der Waals surface area contributed by atoms with E-state index in [-0.39, 0.29) is 5.91 Å². The number of hydrogen-bond acceptors (Lipinski definition) is 4. The van der Waals surface area contributed by atoms with E-state index in [0.717, 1.165) is 43.5 Å². The summed E-state index contributed by atoms with van der Waals surface area (Å²) in [5, 5.41) is 0. The summed E-state index contributed by atoms with van der Waals surface area (Å²) in [4.78, 5) is 25.7. The van der Waals surface area contributed by atoms with Crippen molar-refractivity contribution >= 4 is 11.7 Å². The van der Waals surface area contributed by atoms with E-state index < -0.39 is 0 Å². The molecular weight excluding hydrogens is 312 g/mol. The van der Waals surface area contributed by atoms with Crippen molar-refractivity contribution in [3.05, 3.63) is 53.0 Å². The summed E-state index contributed by atoms with van der Waals surface area (Å²) < 4.78 is 0. The molecule has 2 aromatic heterocycles. The van der Waals surface area contributed by atoms with Gasteiger partial charge in [0.1, 0.15) is 5.82 Å². The zero-order valence-corrected chi connectivity index (χ0v) is 14.9. The highest BCUT2D eigenvalue weighted by atomic mass is 16.2. The molecule has 1 aliphatic heterocycles. The van der Waals surface area contributed by atoms with Gasteiger partial charge in [-0.25, -0.2) is 4.98 Å². The van der Waals surface area contributed by atoms with E-state index in [0.29, 0.717) is 5.56 Å². The Labute approximate surface area is 148 Å². The second-order valence-corrected chi connectivity index (χ2v) is 7.21. The fourth-order valence-electron chi connectivity index (χ4n) is 3.54. The quantitative estimate of drug-likeness (QED) is 0.865. The van der Waals surface area contributed by atoms with Crippen molar-refractivity contribution in [1.82, 2.24) is 14.9 Å². The number of piperazine rings is 1. The molecule has 0 N–H and O–H groups in total. The van der Waals surface area contributed by atoms with Gasteiger partial charge in [0.15, 0.2) is 0 Å². The van der Waals surface area contributed by atoms with Gasteiger partial charge in [-0.2, -0.15) is 0 Å². The largest absolute Gasteiger partial charge is 0.353 e. The Morgan fingerprint density at radius 1 is 1.04 bits per heavy atom. The molecule has 5 heteroatoms. The Hall–Kier alpha value is -2.43. The van der Waals surface area contributed by atoms with E-state index in [9.17, 15) is 4.79 Å². The van der Waals surface area contributed by atoms with Crippen LogP contribution in [0.25, 0.3) is 0 Å². The lowest BCUT2D eigenvalue weighted by molar-refractivity contribution is 0.0746. The lowest BCUT2D eigenvalue weighted by Gasteiger charge is -2.36. The Kier molecular flexibility index (Phi) is 4.15. The fraction of sp³-hybridized carbons (Fsp3) is 0.450. The first kappa shape index (κ1) is 16.1. The van der Waals surface area contributed by atoms with E-state index in [1.165, 1.54) is 24.0 Å². The molecular formula is C20H24N4O. The normalized spacial score (nSPS) is 17.7. The van der Waals surface area contributed by atoms with E-state index in [4.69, 9.17) is 4.98 Å². The van der Waals surface area contributed by atoms with Gasteiger partial charge in [-0.3, -0.25) is 9.78 Å². The molecule has 4 rings (SSSR count). The molecule has 1 amide bonds. The van der Waals surface area contributed by atoms with Crippen LogP contribution in [0.5, 0.6) is 0 Å². The molecule has 1 aliphatic carbocycles. The van der Waals surface area contributed by atoms with Crippen molar-refractivity contribution in [3.63, 3.8) is 0 Å². The maximum Gasteiger partial charge on any atom is 0.255 e. The molecule has 1 saturated heterocycles. The number of hydrogen-bond donors (Lipinski definition) is 0. The minimum absolute atomic E-state index is 0.0737. The number of amides is 1. The number of nitrogens with zero attached hydrogens (tertiary/aromatic N) is 4. The summed E-state index contributed by atoms with van der Waals surface area (Å²) in [7, 11) is 0. The monoisotopic (exact) mass is 336 g/mol. The number of aromatic nitrogens is 2. The maximum atomic E-state index is 12.6. The first-order valence-electron chi connectivity index (χ1n) is 9.04. The number of aryl methyl sites for hydroxylation is 2. The fourth-order valence-corrected chi connectivity index (χ4v) is 3.54. The van der Waals surface area contributed by atoms with Crippen molar-refractivity contribution in [2.45, 2.75) is 32.6 Å². The number of carbonyl (C=O) groups is 1. The van der Waals surface area contributed by atoms with Gasteiger partial charge >= 0.3 is 0 Å². The lowest BCUT2D eigenvalue weighted by Crippen LogP contribution is -2.49. The molecule has 0 unspecified atom stereocenters. The third-order valence-corrected chi connectivity index (χ3v) is 5.11. The second kappa shape index (κ2) is 6.47. The Morgan fingerprint density at radius 2 is 1.80 bits per heavy atom. The third-order valence-electron chi connectivity index (χ3n) is 5.11. The van der Waals surface area contributed by atoms with Crippen LogP contribution in [-0.2, 0) is 0 Å². The van der Waals surface area contributed by atoms with E-state index in [2.05, 4.69) is 22.9 Å². The first-order chi connectivity index (χ1) is 12.1. The highest BCUT2D eigenvalue weighted by Gasteiger charge is 2.26. The number of pyridine rings is 2. The summed E-state index contributed by atoms with van der Waals surface area (Å²) in [5.74, 6) is 1.87. The van der Waals surface area contributed by atoms with Crippen LogP contribution in [0.1, 0.15) is 45.8 Å². The number of rotatable bonds is 3. The smallest absolute Gasteiger partial charge is 0.255 e. The molecule has 2 fully saturated rings. The number of anilines is 1. The molecule has 0 atom stereocenters. The van der Waals surface area contributed by atoms with Crippen molar-refractivity contribution in [2.75, 3.05) is 31.1 Å². The first-order valence-corrected chi connectivity index (χ1v) is 9.04. The lowest BCUT2D eigenvalue weighted by atomic mass is 10.1. The zero-order chi connectivity index (χ0) is 17.4. The van der Waals surface area contributed by atoms with E-state index >= 15 is 0 Å². The van der Waals surface area contributed by atoms with Gasteiger partial charge in [0.25, 0.3) is 5.91 Å². The number of carbonyl (C=O) groups excluding carboxylic acids is 1. The van der Waals surface area contributed by atoms with Crippen molar-refractivity contribution < 1.29 is 4.79 Å². The second-order valence-electron chi connectivity index (χ2n) is 7.21. The van der Waals surface area contributed by atoms with Crippen LogP contribution in [0.4, 0.5) is 5.82 Å². The van der Waals surface area contributed by atoms with Gasteiger partial charge in [-0.05, 0) is 55.4 Å². The maximum absolute atomic E-state index is 12.6. The summed E-state index contributed by atoms with van der Waals surface area (Å²) in [5.41, 5.74) is 4.31. The van der Waals surface area contributed by atoms with Crippen LogP contribution in [0, 0.1) is 13.8 Å². The standard InChI is InChI=1S/C20H24N4O/c1-14-9-18(12-21-11-14)20(25)24-7-5-23(6-8-24)19-15(2)10-17(13-22-19)16-3-4-16/h9-13,16H,3-8H2,1-2H3. The van der Waals surface area contributed by atoms with Crippen LogP contribution in [0.2, 0.25) is 0 Å². The summed E-state index contributed by atoms with van der Waals surface area (Å²) in [6.07, 6.45) is 8.07. The average molecular weight is 336 g/mol.